The zero-order valence-electron chi connectivity index (χ0n) is 17.4. The van der Waals surface area contributed by atoms with E-state index in [9.17, 15) is 14.7 Å². The number of anilines is 1. The van der Waals surface area contributed by atoms with Gasteiger partial charge in [0.05, 0.1) is 12.6 Å². The van der Waals surface area contributed by atoms with Gasteiger partial charge in [0.2, 0.25) is 5.95 Å². The second-order valence-corrected chi connectivity index (χ2v) is 8.29. The molecule has 0 aliphatic carbocycles. The monoisotopic (exact) mass is 473 g/mol. The summed E-state index contributed by atoms with van der Waals surface area (Å²) in [6.45, 7) is 0.361. The lowest BCUT2D eigenvalue weighted by Gasteiger charge is -2.15. The highest BCUT2D eigenvalue weighted by atomic mass is 35.5. The van der Waals surface area contributed by atoms with E-state index in [0.29, 0.717) is 16.0 Å². The van der Waals surface area contributed by atoms with Gasteiger partial charge < -0.3 is 10.4 Å². The van der Waals surface area contributed by atoms with Gasteiger partial charge in [-0.3, -0.25) is 18.5 Å². The van der Waals surface area contributed by atoms with Crippen LogP contribution in [0.5, 0.6) is 0 Å². The number of aryl methyl sites for hydroxylation is 1. The standard InChI is InChI=1S/C22H21Cl2N5O3/c1-27-19-18(20(31)28(2)22(27)32)29(12-14-8-9-15(23)10-16(14)24)21(26-19)25-11-17(30)13-6-4-3-5-7-13/h3-10,17,30H,11-12H2,1-2H3,(H,25,26)/t17-/m0/s1. The summed E-state index contributed by atoms with van der Waals surface area (Å²) in [5.74, 6) is 0.333. The lowest BCUT2D eigenvalue weighted by atomic mass is 10.1. The highest BCUT2D eigenvalue weighted by Gasteiger charge is 2.20. The van der Waals surface area contributed by atoms with Crippen LogP contribution in [0.4, 0.5) is 5.95 Å². The number of rotatable bonds is 6. The number of aliphatic hydroxyl groups is 1. The maximum absolute atomic E-state index is 13.0. The quantitative estimate of drug-likeness (QED) is 0.448. The van der Waals surface area contributed by atoms with Crippen molar-refractivity contribution in [1.82, 2.24) is 18.7 Å². The zero-order valence-corrected chi connectivity index (χ0v) is 18.9. The lowest BCUT2D eigenvalue weighted by molar-refractivity contribution is 0.191. The predicted octanol–water partition coefficient (Wildman–Crippen LogP) is 2.93. The molecule has 4 rings (SSSR count). The van der Waals surface area contributed by atoms with Crippen LogP contribution in [0.2, 0.25) is 10.0 Å². The van der Waals surface area contributed by atoms with Gasteiger partial charge in [-0.05, 0) is 23.3 Å². The Balaban J connectivity index is 1.81. The number of aromatic nitrogens is 4. The van der Waals surface area contributed by atoms with E-state index in [4.69, 9.17) is 23.2 Å². The minimum atomic E-state index is -0.796. The molecule has 0 unspecified atom stereocenters. The van der Waals surface area contributed by atoms with Crippen molar-refractivity contribution in [1.29, 1.82) is 0 Å². The number of aliphatic hydroxyl groups excluding tert-OH is 1. The van der Waals surface area contributed by atoms with Crippen molar-refractivity contribution in [2.24, 2.45) is 14.1 Å². The van der Waals surface area contributed by atoms with Crippen molar-refractivity contribution < 1.29 is 5.11 Å². The third kappa shape index (κ3) is 4.04. The molecule has 4 aromatic rings. The highest BCUT2D eigenvalue weighted by molar-refractivity contribution is 6.35. The first-order valence-electron chi connectivity index (χ1n) is 9.85. The van der Waals surface area contributed by atoms with E-state index < -0.39 is 17.4 Å². The Kier molecular flexibility index (Phi) is 6.10. The Bertz CT molecular complexity index is 1410. The van der Waals surface area contributed by atoms with Crippen LogP contribution >= 0.6 is 23.2 Å². The molecule has 0 radical (unpaired) electrons. The number of fused-ring (bicyclic) bond motifs is 1. The molecule has 1 atom stereocenters. The number of hydrogen-bond acceptors (Lipinski definition) is 5. The van der Waals surface area contributed by atoms with Gasteiger partial charge in [0.1, 0.15) is 0 Å². The fourth-order valence-corrected chi connectivity index (χ4v) is 4.00. The summed E-state index contributed by atoms with van der Waals surface area (Å²) in [4.78, 5) is 29.9. The van der Waals surface area contributed by atoms with Crippen LogP contribution in [-0.2, 0) is 20.6 Å². The zero-order chi connectivity index (χ0) is 23.0. The molecule has 0 saturated carbocycles. The Morgan fingerprint density at radius 2 is 1.78 bits per heavy atom. The van der Waals surface area contributed by atoms with E-state index in [0.717, 1.165) is 15.7 Å². The van der Waals surface area contributed by atoms with Gasteiger partial charge in [0, 0.05) is 30.7 Å². The van der Waals surface area contributed by atoms with Crippen LogP contribution in [-0.4, -0.2) is 30.3 Å². The number of benzene rings is 2. The van der Waals surface area contributed by atoms with Crippen LogP contribution in [0.1, 0.15) is 17.2 Å². The molecule has 2 aromatic carbocycles. The highest BCUT2D eigenvalue weighted by Crippen LogP contribution is 2.25. The van der Waals surface area contributed by atoms with Gasteiger partial charge >= 0.3 is 5.69 Å². The predicted molar refractivity (Wildman–Crippen MR) is 126 cm³/mol. The van der Waals surface area contributed by atoms with Gasteiger partial charge in [-0.1, -0.05) is 59.6 Å². The van der Waals surface area contributed by atoms with E-state index in [1.165, 1.54) is 11.6 Å². The minimum absolute atomic E-state index is 0.149. The Hall–Kier alpha value is -3.07. The van der Waals surface area contributed by atoms with Crippen LogP contribution in [0.3, 0.4) is 0 Å². The average Bonchev–Trinajstić information content (AvgIpc) is 3.15. The number of nitrogens with zero attached hydrogens (tertiary/aromatic N) is 4. The van der Waals surface area contributed by atoms with Gasteiger partial charge in [0.15, 0.2) is 11.2 Å². The molecule has 0 amide bonds. The molecule has 0 bridgehead atoms. The molecule has 0 fully saturated rings. The first-order valence-corrected chi connectivity index (χ1v) is 10.6. The van der Waals surface area contributed by atoms with E-state index in [1.807, 2.05) is 30.3 Å². The van der Waals surface area contributed by atoms with Crippen LogP contribution in [0.25, 0.3) is 11.2 Å². The molecule has 2 heterocycles. The van der Waals surface area contributed by atoms with E-state index >= 15 is 0 Å². The summed E-state index contributed by atoms with van der Waals surface area (Å²) < 4.78 is 4.01. The van der Waals surface area contributed by atoms with Gasteiger partial charge in [0.25, 0.3) is 5.56 Å². The minimum Gasteiger partial charge on any atom is -0.387 e. The first kappa shape index (κ1) is 22.1. The SMILES string of the molecule is Cn1c(=O)c2c(nc(NC[C@H](O)c3ccccc3)n2Cc2ccc(Cl)cc2Cl)n(C)c1=O. The Morgan fingerprint density at radius 1 is 1.06 bits per heavy atom. The van der Waals surface area contributed by atoms with Crippen molar-refractivity contribution in [3.63, 3.8) is 0 Å². The van der Waals surface area contributed by atoms with Crippen molar-refractivity contribution in [2.45, 2.75) is 12.6 Å². The van der Waals surface area contributed by atoms with E-state index in [-0.39, 0.29) is 24.3 Å². The largest absolute Gasteiger partial charge is 0.387 e. The molecule has 2 aromatic heterocycles. The molecule has 8 nitrogen and oxygen atoms in total. The van der Waals surface area contributed by atoms with Crippen molar-refractivity contribution >= 4 is 40.3 Å². The molecule has 0 saturated heterocycles. The fraction of sp³-hybridized carbons (Fsp3) is 0.227. The molecular weight excluding hydrogens is 453 g/mol. The molecular formula is C22H21Cl2N5O3. The fourth-order valence-electron chi connectivity index (χ4n) is 3.54. The number of hydrogen-bond donors (Lipinski definition) is 2. The van der Waals surface area contributed by atoms with E-state index in [1.54, 1.807) is 29.8 Å². The smallest absolute Gasteiger partial charge is 0.332 e. The summed E-state index contributed by atoms with van der Waals surface area (Å²) in [6, 6.07) is 14.3. The number of halogens is 2. The Morgan fingerprint density at radius 3 is 2.47 bits per heavy atom. The second kappa shape index (κ2) is 8.82. The topological polar surface area (TPSA) is 94.1 Å². The molecule has 32 heavy (non-hydrogen) atoms. The van der Waals surface area contributed by atoms with Crippen LogP contribution < -0.4 is 16.6 Å². The molecule has 10 heteroatoms. The summed E-state index contributed by atoms with van der Waals surface area (Å²) in [7, 11) is 2.97. The van der Waals surface area contributed by atoms with Crippen molar-refractivity contribution in [2.75, 3.05) is 11.9 Å². The van der Waals surface area contributed by atoms with Gasteiger partial charge in [-0.25, -0.2) is 4.79 Å². The van der Waals surface area contributed by atoms with Crippen LogP contribution in [0, 0.1) is 0 Å². The Labute approximate surface area is 193 Å². The third-order valence-electron chi connectivity index (χ3n) is 5.33. The molecule has 166 valence electrons. The summed E-state index contributed by atoms with van der Waals surface area (Å²) in [5.41, 5.74) is 0.992. The van der Waals surface area contributed by atoms with Gasteiger partial charge in [-0.15, -0.1) is 0 Å². The van der Waals surface area contributed by atoms with Gasteiger partial charge in [-0.2, -0.15) is 4.98 Å². The van der Waals surface area contributed by atoms with Crippen molar-refractivity contribution in [3.05, 3.63) is 90.5 Å². The summed E-state index contributed by atoms with van der Waals surface area (Å²) >= 11 is 12.4. The molecule has 0 aliphatic rings. The normalized spacial score (nSPS) is 12.3. The first-order chi connectivity index (χ1) is 15.3. The molecule has 0 aliphatic heterocycles. The third-order valence-corrected chi connectivity index (χ3v) is 5.92. The number of nitrogens with one attached hydrogen (secondary N) is 1. The van der Waals surface area contributed by atoms with E-state index in [2.05, 4.69) is 10.3 Å². The summed E-state index contributed by atoms with van der Waals surface area (Å²) in [6.07, 6.45) is -0.796. The van der Waals surface area contributed by atoms with Crippen LogP contribution in [0.15, 0.2) is 58.1 Å². The average molecular weight is 474 g/mol. The number of imidazole rings is 1. The van der Waals surface area contributed by atoms with Crippen molar-refractivity contribution in [3.8, 4) is 0 Å². The maximum Gasteiger partial charge on any atom is 0.332 e. The summed E-state index contributed by atoms with van der Waals surface area (Å²) in [5, 5.41) is 14.6. The lowest BCUT2D eigenvalue weighted by Crippen LogP contribution is -2.37. The maximum atomic E-state index is 13.0. The molecule has 2 N–H and O–H groups in total. The second-order valence-electron chi connectivity index (χ2n) is 7.44. The molecule has 0 spiro atoms.